The summed E-state index contributed by atoms with van der Waals surface area (Å²) >= 11 is 0. The predicted molar refractivity (Wildman–Crippen MR) is 40.7 cm³/mol. The van der Waals surface area contributed by atoms with Crippen molar-refractivity contribution in [1.29, 1.82) is 0 Å². The van der Waals surface area contributed by atoms with Crippen molar-refractivity contribution in [1.82, 2.24) is 0 Å². The zero-order valence-electron chi connectivity index (χ0n) is 5.87. The number of carbonyl (C=O) groups is 1. The molecule has 4 nitrogen and oxygen atoms in total. The van der Waals surface area contributed by atoms with Crippen molar-refractivity contribution < 1.29 is 9.00 Å². The van der Waals surface area contributed by atoms with Gasteiger partial charge in [-0.1, -0.05) is 0 Å². The first-order chi connectivity index (χ1) is 4.52. The molecule has 1 amide bonds. The van der Waals surface area contributed by atoms with Gasteiger partial charge in [-0.3, -0.25) is 9.00 Å². The average molecular weight is 164 g/mol. The fraction of sp³-hybridized carbons (Fsp3) is 0.800. The van der Waals surface area contributed by atoms with E-state index in [1.54, 1.807) is 6.92 Å². The molecular weight excluding hydrogens is 152 g/mol. The standard InChI is InChI=1S/C5H12N2O2S/c1-4(6)2-10(9)3-5(7)8/h4H,2-3,6H2,1H3,(H2,7,8). The van der Waals surface area contributed by atoms with Gasteiger partial charge in [0.2, 0.25) is 5.91 Å². The summed E-state index contributed by atoms with van der Waals surface area (Å²) in [5.74, 6) is -0.288. The van der Waals surface area contributed by atoms with Gasteiger partial charge in [-0.2, -0.15) is 0 Å². The van der Waals surface area contributed by atoms with Crippen LogP contribution in [0.5, 0.6) is 0 Å². The Morgan fingerprint density at radius 1 is 1.70 bits per heavy atom. The summed E-state index contributed by atoms with van der Waals surface area (Å²) in [7, 11) is -1.18. The van der Waals surface area contributed by atoms with Crippen LogP contribution in [0, 0.1) is 0 Å². The third-order valence-electron chi connectivity index (χ3n) is 0.752. The van der Waals surface area contributed by atoms with E-state index >= 15 is 0 Å². The molecule has 0 saturated carbocycles. The molecule has 0 aromatic heterocycles. The first-order valence-corrected chi connectivity index (χ1v) is 4.40. The molecule has 0 heterocycles. The molecule has 4 N–H and O–H groups in total. The summed E-state index contributed by atoms with van der Waals surface area (Å²) < 4.78 is 10.8. The summed E-state index contributed by atoms with van der Waals surface area (Å²) in [5, 5.41) is 0. The largest absolute Gasteiger partial charge is 0.369 e. The molecule has 10 heavy (non-hydrogen) atoms. The van der Waals surface area contributed by atoms with E-state index in [1.165, 1.54) is 0 Å². The van der Waals surface area contributed by atoms with Gasteiger partial charge >= 0.3 is 0 Å². The Bertz CT molecular complexity index is 147. The molecule has 0 rings (SSSR count). The highest BCUT2D eigenvalue weighted by atomic mass is 32.2. The van der Waals surface area contributed by atoms with E-state index in [9.17, 15) is 9.00 Å². The number of nitrogens with two attached hydrogens (primary N) is 2. The highest BCUT2D eigenvalue weighted by Crippen LogP contribution is 1.84. The van der Waals surface area contributed by atoms with Gasteiger partial charge in [0.25, 0.3) is 0 Å². The zero-order valence-corrected chi connectivity index (χ0v) is 6.69. The minimum Gasteiger partial charge on any atom is -0.369 e. The van der Waals surface area contributed by atoms with Crippen LogP contribution in [-0.4, -0.2) is 27.7 Å². The Morgan fingerprint density at radius 3 is 2.50 bits per heavy atom. The van der Waals surface area contributed by atoms with E-state index in [4.69, 9.17) is 11.5 Å². The highest BCUT2D eigenvalue weighted by Gasteiger charge is 2.05. The summed E-state index contributed by atoms with van der Waals surface area (Å²) in [5.41, 5.74) is 10.1. The Hall–Kier alpha value is -0.420. The number of primary amides is 1. The normalized spacial score (nSPS) is 16.2. The quantitative estimate of drug-likeness (QED) is 0.534. The van der Waals surface area contributed by atoms with Crippen molar-refractivity contribution in [3.05, 3.63) is 0 Å². The van der Waals surface area contributed by atoms with Crippen LogP contribution in [-0.2, 0) is 15.6 Å². The minimum atomic E-state index is -1.18. The second-order valence-corrected chi connectivity index (χ2v) is 3.70. The van der Waals surface area contributed by atoms with Crippen LogP contribution < -0.4 is 11.5 Å². The fourth-order valence-corrected chi connectivity index (χ4v) is 1.53. The molecule has 0 saturated heterocycles. The molecule has 0 aliphatic rings. The Morgan fingerprint density at radius 2 is 2.20 bits per heavy atom. The van der Waals surface area contributed by atoms with Crippen molar-refractivity contribution in [2.75, 3.05) is 11.5 Å². The first-order valence-electron chi connectivity index (χ1n) is 2.91. The van der Waals surface area contributed by atoms with Gasteiger partial charge < -0.3 is 11.5 Å². The third-order valence-corrected chi connectivity index (χ3v) is 2.26. The summed E-state index contributed by atoms with van der Waals surface area (Å²) in [6.45, 7) is 1.74. The van der Waals surface area contributed by atoms with Crippen LogP contribution in [0.2, 0.25) is 0 Å². The molecule has 0 aliphatic carbocycles. The van der Waals surface area contributed by atoms with Gasteiger partial charge in [0.05, 0.1) is 0 Å². The lowest BCUT2D eigenvalue weighted by atomic mass is 10.4. The van der Waals surface area contributed by atoms with Crippen LogP contribution in [0.1, 0.15) is 6.92 Å². The van der Waals surface area contributed by atoms with E-state index in [0.717, 1.165) is 0 Å². The second kappa shape index (κ2) is 4.40. The number of amides is 1. The second-order valence-electron chi connectivity index (χ2n) is 2.19. The van der Waals surface area contributed by atoms with Gasteiger partial charge in [-0.25, -0.2) is 0 Å². The van der Waals surface area contributed by atoms with Crippen LogP contribution >= 0.6 is 0 Å². The van der Waals surface area contributed by atoms with Gasteiger partial charge in [0.1, 0.15) is 5.75 Å². The summed E-state index contributed by atoms with van der Waals surface area (Å²) in [4.78, 5) is 10.2. The predicted octanol–water partition coefficient (Wildman–Crippen LogP) is -1.43. The topological polar surface area (TPSA) is 86.2 Å². The highest BCUT2D eigenvalue weighted by molar-refractivity contribution is 7.85. The lowest BCUT2D eigenvalue weighted by molar-refractivity contribution is -0.115. The van der Waals surface area contributed by atoms with E-state index in [-0.39, 0.29) is 11.8 Å². The molecule has 0 spiro atoms. The van der Waals surface area contributed by atoms with E-state index in [0.29, 0.717) is 5.75 Å². The Kier molecular flexibility index (Phi) is 4.22. The SMILES string of the molecule is CC(N)CS(=O)CC(N)=O. The van der Waals surface area contributed by atoms with Gasteiger partial charge in [0, 0.05) is 22.6 Å². The van der Waals surface area contributed by atoms with Crippen molar-refractivity contribution in [2.45, 2.75) is 13.0 Å². The third kappa shape index (κ3) is 5.71. The molecule has 0 aromatic rings. The number of hydrogen-bond donors (Lipinski definition) is 2. The molecule has 2 atom stereocenters. The van der Waals surface area contributed by atoms with Crippen molar-refractivity contribution in [2.24, 2.45) is 11.5 Å². The molecule has 5 heteroatoms. The van der Waals surface area contributed by atoms with Gasteiger partial charge in [0.15, 0.2) is 0 Å². The van der Waals surface area contributed by atoms with Crippen LogP contribution in [0.15, 0.2) is 0 Å². The van der Waals surface area contributed by atoms with E-state index in [1.807, 2.05) is 0 Å². The maximum atomic E-state index is 10.8. The maximum Gasteiger partial charge on any atom is 0.230 e. The number of carbonyl (C=O) groups excluding carboxylic acids is 1. The maximum absolute atomic E-state index is 10.8. The van der Waals surface area contributed by atoms with Crippen molar-refractivity contribution >= 4 is 16.7 Å². The molecule has 2 unspecified atom stereocenters. The van der Waals surface area contributed by atoms with Crippen molar-refractivity contribution in [3.63, 3.8) is 0 Å². The lowest BCUT2D eigenvalue weighted by Crippen LogP contribution is -2.28. The fourth-order valence-electron chi connectivity index (χ4n) is 0.511. The van der Waals surface area contributed by atoms with Crippen LogP contribution in [0.25, 0.3) is 0 Å². The first kappa shape index (κ1) is 9.58. The average Bonchev–Trinajstić information content (AvgIpc) is 1.58. The van der Waals surface area contributed by atoms with Gasteiger partial charge in [-0.05, 0) is 6.92 Å². The van der Waals surface area contributed by atoms with Crippen molar-refractivity contribution in [3.8, 4) is 0 Å². The molecular formula is C5H12N2O2S. The smallest absolute Gasteiger partial charge is 0.230 e. The summed E-state index contributed by atoms with van der Waals surface area (Å²) in [6.07, 6.45) is 0. The number of rotatable bonds is 4. The van der Waals surface area contributed by atoms with E-state index in [2.05, 4.69) is 0 Å². The Balaban J connectivity index is 3.54. The van der Waals surface area contributed by atoms with Crippen LogP contribution in [0.3, 0.4) is 0 Å². The Labute approximate surface area is 62.4 Å². The lowest BCUT2D eigenvalue weighted by Gasteiger charge is -2.01. The molecule has 0 radical (unpaired) electrons. The zero-order chi connectivity index (χ0) is 8.15. The number of hydrogen-bond acceptors (Lipinski definition) is 3. The molecule has 0 aliphatic heterocycles. The van der Waals surface area contributed by atoms with E-state index < -0.39 is 16.7 Å². The monoisotopic (exact) mass is 164 g/mol. The van der Waals surface area contributed by atoms with Crippen LogP contribution in [0.4, 0.5) is 0 Å². The minimum absolute atomic E-state index is 0.0818. The molecule has 0 bridgehead atoms. The molecule has 60 valence electrons. The van der Waals surface area contributed by atoms with Gasteiger partial charge in [-0.15, -0.1) is 0 Å². The summed E-state index contributed by atoms with van der Waals surface area (Å²) in [6, 6.07) is -0.139. The molecule has 0 fully saturated rings. The molecule has 0 aromatic carbocycles.